The number of amides is 2. The number of nitrogens with one attached hydrogen (secondary N) is 1. The Kier molecular flexibility index (Phi) is 9.08. The van der Waals surface area contributed by atoms with E-state index in [1.807, 2.05) is 24.3 Å². The third-order valence-electron chi connectivity index (χ3n) is 6.77. The van der Waals surface area contributed by atoms with Gasteiger partial charge in [-0.05, 0) is 49.1 Å². The van der Waals surface area contributed by atoms with Gasteiger partial charge in [0.2, 0.25) is 5.91 Å². The first-order valence-corrected chi connectivity index (χ1v) is 14.9. The van der Waals surface area contributed by atoms with Crippen LogP contribution < -0.4 is 14.7 Å². The van der Waals surface area contributed by atoms with Crippen LogP contribution in [0.1, 0.15) is 65.7 Å². The summed E-state index contributed by atoms with van der Waals surface area (Å²) in [6.07, 6.45) is 8.67. The monoisotopic (exact) mass is 546 g/mol. The molecule has 11 heteroatoms. The maximum Gasteiger partial charge on any atom is 0.524 e. The smallest absolute Gasteiger partial charge is 0.403 e. The van der Waals surface area contributed by atoms with Gasteiger partial charge in [-0.15, -0.1) is 11.8 Å². The van der Waals surface area contributed by atoms with Gasteiger partial charge in [0.05, 0.1) is 11.3 Å². The first kappa shape index (κ1) is 27.4. The SMILES string of the molecule is O=Cc1cc(C(=O)NC2CSc3ccccc3N(CCCC3CCCCC3)C2=O)ccc1OP(=O)(O)O. The van der Waals surface area contributed by atoms with E-state index in [2.05, 4.69) is 9.84 Å². The first-order chi connectivity index (χ1) is 17.7. The number of hydrogen-bond acceptors (Lipinski definition) is 6. The second kappa shape index (κ2) is 12.3. The van der Waals surface area contributed by atoms with E-state index in [-0.39, 0.29) is 22.8 Å². The maximum absolute atomic E-state index is 13.6. The number of carbonyl (C=O) groups is 3. The number of hydrogen-bond donors (Lipinski definition) is 3. The molecule has 0 spiro atoms. The Balaban J connectivity index is 1.48. The van der Waals surface area contributed by atoms with Crippen LogP contribution in [-0.2, 0) is 9.36 Å². The lowest BCUT2D eigenvalue weighted by atomic mass is 9.86. The van der Waals surface area contributed by atoms with Crippen LogP contribution in [0.5, 0.6) is 5.75 Å². The summed E-state index contributed by atoms with van der Waals surface area (Å²) in [5.41, 5.74) is 0.734. The van der Waals surface area contributed by atoms with Crippen molar-refractivity contribution < 1.29 is 33.3 Å². The van der Waals surface area contributed by atoms with Crippen molar-refractivity contribution in [1.82, 2.24) is 5.32 Å². The van der Waals surface area contributed by atoms with Crippen LogP contribution >= 0.6 is 19.6 Å². The van der Waals surface area contributed by atoms with Gasteiger partial charge in [-0.25, -0.2) is 4.57 Å². The van der Waals surface area contributed by atoms with Crippen molar-refractivity contribution in [2.45, 2.75) is 55.9 Å². The molecule has 1 saturated carbocycles. The Labute approximate surface area is 220 Å². The fraction of sp³-hybridized carbons (Fsp3) is 0.423. The molecule has 1 fully saturated rings. The Morgan fingerprint density at radius 1 is 1.16 bits per heavy atom. The van der Waals surface area contributed by atoms with Gasteiger partial charge in [-0.3, -0.25) is 24.2 Å². The maximum atomic E-state index is 13.6. The van der Waals surface area contributed by atoms with Gasteiger partial charge < -0.3 is 14.7 Å². The number of phosphoric ester groups is 1. The second-order valence-electron chi connectivity index (χ2n) is 9.39. The predicted molar refractivity (Wildman–Crippen MR) is 141 cm³/mol. The minimum atomic E-state index is -4.88. The average molecular weight is 547 g/mol. The zero-order valence-electron chi connectivity index (χ0n) is 20.4. The molecular formula is C26H31N2O7PS. The van der Waals surface area contributed by atoms with E-state index >= 15 is 0 Å². The van der Waals surface area contributed by atoms with E-state index in [0.29, 0.717) is 24.5 Å². The molecule has 1 aliphatic carbocycles. The molecule has 9 nitrogen and oxygen atoms in total. The quantitative estimate of drug-likeness (QED) is 0.308. The van der Waals surface area contributed by atoms with Crippen molar-refractivity contribution in [1.29, 1.82) is 0 Å². The van der Waals surface area contributed by atoms with Gasteiger partial charge in [-0.2, -0.15) is 0 Å². The molecule has 0 aromatic heterocycles. The highest BCUT2D eigenvalue weighted by Crippen LogP contribution is 2.39. The zero-order valence-corrected chi connectivity index (χ0v) is 22.1. The first-order valence-electron chi connectivity index (χ1n) is 12.4. The molecule has 0 radical (unpaired) electrons. The number of aldehydes is 1. The number of para-hydroxylation sites is 1. The molecule has 3 N–H and O–H groups in total. The summed E-state index contributed by atoms with van der Waals surface area (Å²) in [6.45, 7) is 0.572. The second-order valence-corrected chi connectivity index (χ2v) is 11.6. The van der Waals surface area contributed by atoms with Gasteiger partial charge in [0, 0.05) is 22.8 Å². The minimum Gasteiger partial charge on any atom is -0.403 e. The predicted octanol–water partition coefficient (Wildman–Crippen LogP) is 4.57. The number of carbonyl (C=O) groups excluding carboxylic acids is 3. The number of fused-ring (bicyclic) bond motifs is 1. The molecule has 1 aliphatic heterocycles. The van der Waals surface area contributed by atoms with Gasteiger partial charge in [-0.1, -0.05) is 44.2 Å². The highest BCUT2D eigenvalue weighted by molar-refractivity contribution is 7.99. The number of nitrogens with zero attached hydrogens (tertiary/aromatic N) is 1. The number of benzene rings is 2. The van der Waals surface area contributed by atoms with Gasteiger partial charge >= 0.3 is 7.82 Å². The topological polar surface area (TPSA) is 133 Å². The largest absolute Gasteiger partial charge is 0.524 e. The van der Waals surface area contributed by atoms with E-state index in [4.69, 9.17) is 9.79 Å². The van der Waals surface area contributed by atoms with Crippen molar-refractivity contribution in [3.63, 3.8) is 0 Å². The highest BCUT2D eigenvalue weighted by Gasteiger charge is 2.32. The van der Waals surface area contributed by atoms with E-state index in [1.165, 1.54) is 56.0 Å². The van der Waals surface area contributed by atoms with Crippen LogP contribution in [0.15, 0.2) is 47.4 Å². The molecule has 198 valence electrons. The number of anilines is 1. The molecule has 0 bridgehead atoms. The molecule has 2 aromatic rings. The Bertz CT molecular complexity index is 1200. The van der Waals surface area contributed by atoms with Gasteiger partial charge in [0.25, 0.3) is 5.91 Å². The minimum absolute atomic E-state index is 0.0728. The number of thioether (sulfide) groups is 1. The van der Waals surface area contributed by atoms with Gasteiger partial charge in [0.1, 0.15) is 11.8 Å². The summed E-state index contributed by atoms with van der Waals surface area (Å²) < 4.78 is 15.7. The lowest BCUT2D eigenvalue weighted by Crippen LogP contribution is -2.49. The summed E-state index contributed by atoms with van der Waals surface area (Å²) in [7, 11) is -4.88. The van der Waals surface area contributed by atoms with Crippen LogP contribution in [0.25, 0.3) is 0 Å². The molecule has 37 heavy (non-hydrogen) atoms. The molecule has 1 heterocycles. The summed E-state index contributed by atoms with van der Waals surface area (Å²) in [6, 6.07) is 10.6. The van der Waals surface area contributed by atoms with Crippen LogP contribution in [0.4, 0.5) is 5.69 Å². The number of rotatable bonds is 9. The molecular weight excluding hydrogens is 515 g/mol. The Morgan fingerprint density at radius 3 is 2.65 bits per heavy atom. The molecule has 0 saturated heterocycles. The summed E-state index contributed by atoms with van der Waals surface area (Å²) in [5, 5.41) is 2.79. The fourth-order valence-corrected chi connectivity index (χ4v) is 6.43. The van der Waals surface area contributed by atoms with E-state index in [9.17, 15) is 18.9 Å². The molecule has 2 amide bonds. The van der Waals surface area contributed by atoms with Crippen LogP contribution in [0.3, 0.4) is 0 Å². The van der Waals surface area contributed by atoms with Crippen LogP contribution in [0, 0.1) is 5.92 Å². The third kappa shape index (κ3) is 7.23. The molecule has 2 aromatic carbocycles. The van der Waals surface area contributed by atoms with Crippen molar-refractivity contribution in [2.75, 3.05) is 17.2 Å². The Morgan fingerprint density at radius 2 is 1.92 bits per heavy atom. The zero-order chi connectivity index (χ0) is 26.4. The summed E-state index contributed by atoms with van der Waals surface area (Å²) in [4.78, 5) is 58.9. The van der Waals surface area contributed by atoms with Crippen molar-refractivity contribution in [2.24, 2.45) is 5.92 Å². The highest BCUT2D eigenvalue weighted by atomic mass is 32.2. The van der Waals surface area contributed by atoms with Gasteiger partial charge in [0.15, 0.2) is 6.29 Å². The van der Waals surface area contributed by atoms with E-state index in [1.54, 1.807) is 4.90 Å². The molecule has 1 atom stereocenters. The van der Waals surface area contributed by atoms with E-state index < -0.39 is 19.8 Å². The van der Waals surface area contributed by atoms with Crippen molar-refractivity contribution >= 4 is 43.4 Å². The lowest BCUT2D eigenvalue weighted by molar-refractivity contribution is -0.119. The standard InChI is InChI=1S/C26H31N2O7PS/c29-16-20-15-19(12-13-23(20)35-36(32,33)34)25(30)27-21-17-37-24-11-5-4-10-22(24)28(26(21)31)14-6-9-18-7-2-1-3-8-18/h4-5,10-13,15-16,18,21H,1-3,6-9,14,17H2,(H,27,30)(H2,32,33,34). The van der Waals surface area contributed by atoms with Crippen LogP contribution in [-0.4, -0.2) is 46.2 Å². The molecule has 2 aliphatic rings. The van der Waals surface area contributed by atoms with Crippen LogP contribution in [0.2, 0.25) is 0 Å². The average Bonchev–Trinajstić information content (AvgIpc) is 3.01. The Hall–Kier alpha value is -2.65. The summed E-state index contributed by atoms with van der Waals surface area (Å²) in [5.74, 6) is -0.0360. The van der Waals surface area contributed by atoms with Crippen molar-refractivity contribution in [3.05, 3.63) is 53.6 Å². The van der Waals surface area contributed by atoms with E-state index in [0.717, 1.165) is 29.5 Å². The normalized spacial score (nSPS) is 18.6. The third-order valence-corrected chi connectivity index (χ3v) is 8.36. The molecule has 1 unspecified atom stereocenters. The lowest BCUT2D eigenvalue weighted by Gasteiger charge is -2.27. The fourth-order valence-electron chi connectivity index (χ4n) is 4.94. The number of phosphoric acid groups is 1. The molecule has 4 rings (SSSR count). The summed E-state index contributed by atoms with van der Waals surface area (Å²) >= 11 is 1.50. The van der Waals surface area contributed by atoms with Crippen molar-refractivity contribution in [3.8, 4) is 5.75 Å².